The van der Waals surface area contributed by atoms with Gasteiger partial charge in [-0.2, -0.15) is 5.10 Å². The van der Waals surface area contributed by atoms with Crippen LogP contribution in [-0.4, -0.2) is 9.78 Å². The number of nitrogens with zero attached hydrogens (tertiary/aromatic N) is 2. The fraction of sp³-hybridized carbons (Fsp3) is 0.250. The summed E-state index contributed by atoms with van der Waals surface area (Å²) >= 11 is 12.1. The molecule has 0 saturated heterocycles. The zero-order chi connectivity index (χ0) is 12.4. The predicted molar refractivity (Wildman–Crippen MR) is 70.4 cm³/mol. The number of hydrogen-bond acceptors (Lipinski definition) is 2. The van der Waals surface area contributed by atoms with Gasteiger partial charge in [-0.1, -0.05) is 23.2 Å². The first kappa shape index (κ1) is 12.4. The molecule has 0 aliphatic heterocycles. The van der Waals surface area contributed by atoms with E-state index in [1.807, 2.05) is 17.7 Å². The Kier molecular flexibility index (Phi) is 3.72. The fourth-order valence-electron chi connectivity index (χ4n) is 1.78. The highest BCUT2D eigenvalue weighted by molar-refractivity contribution is 6.33. The lowest BCUT2D eigenvalue weighted by Gasteiger charge is -2.15. The van der Waals surface area contributed by atoms with Crippen molar-refractivity contribution < 1.29 is 0 Å². The molecule has 0 aliphatic carbocycles. The molecule has 90 valence electrons. The van der Waals surface area contributed by atoms with Gasteiger partial charge in [0.15, 0.2) is 0 Å². The van der Waals surface area contributed by atoms with Crippen molar-refractivity contribution >= 4 is 23.2 Å². The summed E-state index contributed by atoms with van der Waals surface area (Å²) in [6, 6.07) is 6.87. The molecular formula is C12H13Cl2N3. The van der Waals surface area contributed by atoms with Crippen LogP contribution in [-0.2, 0) is 6.54 Å². The van der Waals surface area contributed by atoms with Crippen LogP contribution in [0.5, 0.6) is 0 Å². The minimum absolute atomic E-state index is 0.316. The van der Waals surface area contributed by atoms with E-state index in [2.05, 4.69) is 5.10 Å². The molecule has 3 nitrogen and oxygen atoms in total. The molecule has 1 atom stereocenters. The van der Waals surface area contributed by atoms with E-state index < -0.39 is 0 Å². The smallest absolute Gasteiger partial charge is 0.0738 e. The number of rotatable bonds is 3. The Labute approximate surface area is 110 Å². The second-order valence-corrected chi connectivity index (χ2v) is 4.56. The third-order valence-electron chi connectivity index (χ3n) is 2.66. The Bertz CT molecular complexity index is 522. The van der Waals surface area contributed by atoms with Crippen LogP contribution in [0.15, 0.2) is 30.5 Å². The maximum atomic E-state index is 6.20. The molecule has 0 radical (unpaired) electrons. The third kappa shape index (κ3) is 2.46. The largest absolute Gasteiger partial charge is 0.319 e. The van der Waals surface area contributed by atoms with Crippen molar-refractivity contribution in [3.05, 3.63) is 51.8 Å². The first-order chi connectivity index (χ1) is 8.13. The van der Waals surface area contributed by atoms with Gasteiger partial charge >= 0.3 is 0 Å². The van der Waals surface area contributed by atoms with E-state index in [4.69, 9.17) is 28.9 Å². The summed E-state index contributed by atoms with van der Waals surface area (Å²) in [5.74, 6) is 0. The molecule has 0 amide bonds. The van der Waals surface area contributed by atoms with Crippen LogP contribution in [0, 0.1) is 0 Å². The summed E-state index contributed by atoms with van der Waals surface area (Å²) in [7, 11) is 0. The summed E-state index contributed by atoms with van der Waals surface area (Å²) in [4.78, 5) is 0. The van der Waals surface area contributed by atoms with E-state index in [-0.39, 0.29) is 6.04 Å². The van der Waals surface area contributed by atoms with Gasteiger partial charge in [0.05, 0.1) is 11.7 Å². The maximum Gasteiger partial charge on any atom is 0.0738 e. The molecule has 1 aromatic carbocycles. The first-order valence-electron chi connectivity index (χ1n) is 5.35. The zero-order valence-corrected chi connectivity index (χ0v) is 10.9. The lowest BCUT2D eigenvalue weighted by atomic mass is 10.0. The number of benzene rings is 1. The van der Waals surface area contributed by atoms with Crippen LogP contribution in [0.4, 0.5) is 0 Å². The van der Waals surface area contributed by atoms with Gasteiger partial charge in [0, 0.05) is 22.8 Å². The fourth-order valence-corrected chi connectivity index (χ4v) is 2.20. The number of halogens is 2. The van der Waals surface area contributed by atoms with Crippen LogP contribution in [0.25, 0.3) is 0 Å². The second-order valence-electron chi connectivity index (χ2n) is 3.72. The molecule has 5 heteroatoms. The molecule has 0 bridgehead atoms. The van der Waals surface area contributed by atoms with Crippen molar-refractivity contribution in [3.8, 4) is 0 Å². The molecule has 1 unspecified atom stereocenters. The van der Waals surface area contributed by atoms with Crippen molar-refractivity contribution in [1.29, 1.82) is 0 Å². The molecule has 0 spiro atoms. The SMILES string of the molecule is CCn1nccc1C(N)c1cc(Cl)ccc1Cl. The normalized spacial score (nSPS) is 12.7. The van der Waals surface area contributed by atoms with Crippen molar-refractivity contribution in [2.75, 3.05) is 0 Å². The quantitative estimate of drug-likeness (QED) is 0.930. The van der Waals surface area contributed by atoms with Gasteiger partial charge in [0.25, 0.3) is 0 Å². The minimum Gasteiger partial charge on any atom is -0.319 e. The van der Waals surface area contributed by atoms with Crippen LogP contribution < -0.4 is 5.73 Å². The van der Waals surface area contributed by atoms with Crippen LogP contribution in [0.1, 0.15) is 24.2 Å². The van der Waals surface area contributed by atoms with Crippen molar-refractivity contribution in [2.24, 2.45) is 5.73 Å². The number of aromatic nitrogens is 2. The predicted octanol–water partition coefficient (Wildman–Crippen LogP) is 3.26. The lowest BCUT2D eigenvalue weighted by Crippen LogP contribution is -2.17. The summed E-state index contributed by atoms with van der Waals surface area (Å²) in [6.07, 6.45) is 1.73. The Morgan fingerprint density at radius 1 is 1.35 bits per heavy atom. The minimum atomic E-state index is -0.316. The van der Waals surface area contributed by atoms with Crippen molar-refractivity contribution in [2.45, 2.75) is 19.5 Å². The molecule has 0 aliphatic rings. The zero-order valence-electron chi connectivity index (χ0n) is 9.40. The summed E-state index contributed by atoms with van der Waals surface area (Å²) in [6.45, 7) is 2.79. The molecule has 1 heterocycles. The molecule has 2 rings (SSSR count). The van der Waals surface area contributed by atoms with Gasteiger partial charge in [-0.25, -0.2) is 0 Å². The van der Waals surface area contributed by atoms with E-state index in [1.165, 1.54) is 0 Å². The van der Waals surface area contributed by atoms with Gasteiger partial charge in [-0.3, -0.25) is 4.68 Å². The Morgan fingerprint density at radius 3 is 2.82 bits per heavy atom. The summed E-state index contributed by atoms with van der Waals surface area (Å²) in [5.41, 5.74) is 7.94. The van der Waals surface area contributed by atoms with E-state index in [9.17, 15) is 0 Å². The van der Waals surface area contributed by atoms with E-state index in [1.54, 1.807) is 24.4 Å². The standard InChI is InChI=1S/C12H13Cl2N3/c1-2-17-11(5-6-16-17)12(15)9-7-8(13)3-4-10(9)14/h3-7,12H,2,15H2,1H3. The lowest BCUT2D eigenvalue weighted by molar-refractivity contribution is 0.601. The molecular weight excluding hydrogens is 257 g/mol. The maximum absolute atomic E-state index is 6.20. The Balaban J connectivity index is 2.43. The summed E-state index contributed by atoms with van der Waals surface area (Å²) < 4.78 is 1.85. The molecule has 2 N–H and O–H groups in total. The van der Waals surface area contributed by atoms with Gasteiger partial charge < -0.3 is 5.73 Å². The third-order valence-corrected chi connectivity index (χ3v) is 3.24. The molecule has 0 fully saturated rings. The molecule has 0 saturated carbocycles. The second kappa shape index (κ2) is 5.08. The summed E-state index contributed by atoms with van der Waals surface area (Å²) in [5, 5.41) is 5.44. The van der Waals surface area contributed by atoms with Gasteiger partial charge in [0.2, 0.25) is 0 Å². The average Bonchev–Trinajstić information content (AvgIpc) is 2.79. The van der Waals surface area contributed by atoms with Crippen LogP contribution in [0.3, 0.4) is 0 Å². The molecule has 1 aromatic heterocycles. The van der Waals surface area contributed by atoms with Gasteiger partial charge in [-0.15, -0.1) is 0 Å². The van der Waals surface area contributed by atoms with E-state index in [0.29, 0.717) is 10.0 Å². The Hall–Kier alpha value is -1.03. The molecule has 2 aromatic rings. The van der Waals surface area contributed by atoms with Crippen molar-refractivity contribution in [3.63, 3.8) is 0 Å². The highest BCUT2D eigenvalue weighted by atomic mass is 35.5. The van der Waals surface area contributed by atoms with Crippen LogP contribution in [0.2, 0.25) is 10.0 Å². The average molecular weight is 270 g/mol. The Morgan fingerprint density at radius 2 is 2.12 bits per heavy atom. The monoisotopic (exact) mass is 269 g/mol. The number of aryl methyl sites for hydroxylation is 1. The van der Waals surface area contributed by atoms with Gasteiger partial charge in [0.1, 0.15) is 0 Å². The number of nitrogens with two attached hydrogens (primary N) is 1. The first-order valence-corrected chi connectivity index (χ1v) is 6.11. The highest BCUT2D eigenvalue weighted by Gasteiger charge is 2.16. The van der Waals surface area contributed by atoms with Gasteiger partial charge in [-0.05, 0) is 36.8 Å². The van der Waals surface area contributed by atoms with E-state index >= 15 is 0 Å². The highest BCUT2D eigenvalue weighted by Crippen LogP contribution is 2.28. The van der Waals surface area contributed by atoms with Crippen molar-refractivity contribution in [1.82, 2.24) is 9.78 Å². The topological polar surface area (TPSA) is 43.8 Å². The van der Waals surface area contributed by atoms with Crippen LogP contribution >= 0.6 is 23.2 Å². The molecule has 17 heavy (non-hydrogen) atoms. The van der Waals surface area contributed by atoms with E-state index in [0.717, 1.165) is 17.8 Å². The number of hydrogen-bond donors (Lipinski definition) is 1.